The molecule has 1 rings (SSSR count). The summed E-state index contributed by atoms with van der Waals surface area (Å²) in [6, 6.07) is 10.0. The Hall–Kier alpha value is -1.27. The van der Waals surface area contributed by atoms with Crippen molar-refractivity contribution in [3.8, 4) is 0 Å². The van der Waals surface area contributed by atoms with E-state index in [1.54, 1.807) is 0 Å². The molecule has 68 valence electrons. The van der Waals surface area contributed by atoms with Crippen molar-refractivity contribution < 1.29 is 0 Å². The average molecular weight is 193 g/mol. The van der Waals surface area contributed by atoms with Gasteiger partial charge in [0.15, 0.2) is 0 Å². The Labute approximate surface area is 84.9 Å². The number of rotatable bonds is 2. The van der Waals surface area contributed by atoms with Gasteiger partial charge in [0, 0.05) is 5.03 Å². The van der Waals surface area contributed by atoms with Crippen LogP contribution in [0.4, 0.5) is 0 Å². The van der Waals surface area contributed by atoms with E-state index in [9.17, 15) is 0 Å². The minimum atomic E-state index is 0.491. The highest BCUT2D eigenvalue weighted by molar-refractivity contribution is 6.30. The maximum absolute atomic E-state index is 5.15. The smallest absolute Gasteiger partial charge is 0.0328 e. The third kappa shape index (κ3) is 7.10. The molecule has 0 aliphatic heterocycles. The van der Waals surface area contributed by atoms with Gasteiger partial charge in [0.25, 0.3) is 0 Å². The maximum Gasteiger partial charge on any atom is 0.0328 e. The van der Waals surface area contributed by atoms with Gasteiger partial charge in [0.2, 0.25) is 0 Å². The third-order valence-electron chi connectivity index (χ3n) is 1.26. The third-order valence-corrected chi connectivity index (χ3v) is 1.41. The molecule has 13 heavy (non-hydrogen) atoms. The summed E-state index contributed by atoms with van der Waals surface area (Å²) in [5.74, 6) is 0. The first kappa shape index (κ1) is 11.7. The Morgan fingerprint density at radius 2 is 1.62 bits per heavy atom. The zero-order valence-corrected chi connectivity index (χ0v) is 8.30. The zero-order chi connectivity index (χ0) is 10.1. The summed E-state index contributed by atoms with van der Waals surface area (Å²) in [6.45, 7) is 10.3. The van der Waals surface area contributed by atoms with Crippen molar-refractivity contribution in [2.75, 3.05) is 0 Å². The number of allylic oxidation sites excluding steroid dienone is 2. The molecule has 0 aliphatic carbocycles. The summed E-state index contributed by atoms with van der Waals surface area (Å²) in [4.78, 5) is 0. The molecule has 1 aromatic rings. The van der Waals surface area contributed by atoms with Crippen molar-refractivity contribution in [3.63, 3.8) is 0 Å². The Kier molecular flexibility index (Phi) is 6.66. The second-order valence-corrected chi connectivity index (χ2v) is 2.75. The lowest BCUT2D eigenvalue weighted by Gasteiger charge is -1.85. The lowest BCUT2D eigenvalue weighted by molar-refractivity contribution is 1.67. The van der Waals surface area contributed by atoms with Crippen LogP contribution in [0.5, 0.6) is 0 Å². The second kappa shape index (κ2) is 7.38. The van der Waals surface area contributed by atoms with E-state index in [4.69, 9.17) is 11.6 Å². The van der Waals surface area contributed by atoms with Gasteiger partial charge in [-0.05, 0) is 5.56 Å². The van der Waals surface area contributed by atoms with Gasteiger partial charge in [-0.2, -0.15) is 0 Å². The molecule has 1 aromatic carbocycles. The number of benzene rings is 1. The van der Waals surface area contributed by atoms with E-state index < -0.39 is 0 Å². The fraction of sp³-hybridized carbons (Fsp3) is 0. The van der Waals surface area contributed by atoms with Crippen LogP contribution in [0.15, 0.2) is 61.2 Å². The molecule has 0 aliphatic rings. The molecule has 0 nitrogen and oxygen atoms in total. The van der Waals surface area contributed by atoms with Crippen LogP contribution < -0.4 is 0 Å². The first-order valence-corrected chi connectivity index (χ1v) is 4.23. The van der Waals surface area contributed by atoms with Crippen LogP contribution in [-0.4, -0.2) is 0 Å². The Morgan fingerprint density at radius 1 is 1.15 bits per heavy atom. The van der Waals surface area contributed by atoms with E-state index in [2.05, 4.69) is 19.7 Å². The molecule has 0 atom stereocenters. The largest absolute Gasteiger partial charge is 0.0985 e. The Bertz CT molecular complexity index is 272. The summed E-state index contributed by atoms with van der Waals surface area (Å²) in [7, 11) is 0. The predicted molar refractivity (Wildman–Crippen MR) is 61.7 cm³/mol. The summed E-state index contributed by atoms with van der Waals surface area (Å²) in [5.41, 5.74) is 1.17. The van der Waals surface area contributed by atoms with Crippen molar-refractivity contribution in [2.24, 2.45) is 0 Å². The van der Waals surface area contributed by atoms with Crippen LogP contribution in [0.1, 0.15) is 5.56 Å². The second-order valence-electron chi connectivity index (χ2n) is 2.27. The highest BCUT2D eigenvalue weighted by Gasteiger charge is 1.75. The lowest BCUT2D eigenvalue weighted by atomic mass is 10.2. The fourth-order valence-electron chi connectivity index (χ4n) is 0.589. The number of hydrogen-bond acceptors (Lipinski definition) is 0. The van der Waals surface area contributed by atoms with Crippen LogP contribution in [0, 0.1) is 0 Å². The molecule has 0 bridgehead atoms. The molecule has 0 spiro atoms. The summed E-state index contributed by atoms with van der Waals surface area (Å²) in [5, 5.41) is 0.491. The minimum Gasteiger partial charge on any atom is -0.0985 e. The molecule has 0 amide bonds. The van der Waals surface area contributed by atoms with Gasteiger partial charge in [0.05, 0.1) is 0 Å². The van der Waals surface area contributed by atoms with Crippen molar-refractivity contribution in [3.05, 3.63) is 66.7 Å². The van der Waals surface area contributed by atoms with Gasteiger partial charge in [-0.15, -0.1) is 0 Å². The molecular formula is C12H13Cl. The first-order valence-electron chi connectivity index (χ1n) is 3.85. The molecule has 0 aromatic heterocycles. The molecule has 0 unspecified atom stereocenters. The fourth-order valence-corrected chi connectivity index (χ4v) is 0.589. The van der Waals surface area contributed by atoms with Gasteiger partial charge < -0.3 is 0 Å². The summed E-state index contributed by atoms with van der Waals surface area (Å²) < 4.78 is 0. The predicted octanol–water partition coefficient (Wildman–Crippen LogP) is 4.25. The minimum absolute atomic E-state index is 0.491. The van der Waals surface area contributed by atoms with Gasteiger partial charge in [0.1, 0.15) is 0 Å². The molecule has 0 saturated heterocycles. The number of halogens is 1. The SMILES string of the molecule is C=CC(=C)Cl.C=Cc1ccccc1. The average Bonchev–Trinajstić information content (AvgIpc) is 2.20. The van der Waals surface area contributed by atoms with Crippen LogP contribution in [0.2, 0.25) is 0 Å². The zero-order valence-electron chi connectivity index (χ0n) is 7.54. The molecule has 0 heterocycles. The van der Waals surface area contributed by atoms with Crippen molar-refractivity contribution in [2.45, 2.75) is 0 Å². The summed E-state index contributed by atoms with van der Waals surface area (Å²) >= 11 is 5.15. The van der Waals surface area contributed by atoms with Gasteiger partial charge in [-0.3, -0.25) is 0 Å². The van der Waals surface area contributed by atoms with E-state index in [0.29, 0.717) is 5.03 Å². The lowest BCUT2D eigenvalue weighted by Crippen LogP contribution is -1.63. The standard InChI is InChI=1S/C8H8.C4H5Cl/c1-2-8-6-4-3-5-7-8;1-3-4(2)5/h2-7H,1H2;3H,1-2H2. The number of hydrogen-bond donors (Lipinski definition) is 0. The van der Waals surface area contributed by atoms with E-state index in [0.717, 1.165) is 0 Å². The van der Waals surface area contributed by atoms with Crippen molar-refractivity contribution in [1.82, 2.24) is 0 Å². The van der Waals surface area contributed by atoms with E-state index in [-0.39, 0.29) is 0 Å². The van der Waals surface area contributed by atoms with Crippen LogP contribution >= 0.6 is 11.6 Å². The monoisotopic (exact) mass is 192 g/mol. The van der Waals surface area contributed by atoms with Gasteiger partial charge >= 0.3 is 0 Å². The molecule has 0 saturated carbocycles. The van der Waals surface area contributed by atoms with Crippen molar-refractivity contribution >= 4 is 17.7 Å². The maximum atomic E-state index is 5.15. The quantitative estimate of drug-likeness (QED) is 0.615. The van der Waals surface area contributed by atoms with Gasteiger partial charge in [-0.25, -0.2) is 0 Å². The molecule has 0 fully saturated rings. The van der Waals surface area contributed by atoms with Gasteiger partial charge in [-0.1, -0.05) is 73.8 Å². The molecular weight excluding hydrogens is 180 g/mol. The highest BCUT2D eigenvalue weighted by atomic mass is 35.5. The normalized spacial score (nSPS) is 7.77. The van der Waals surface area contributed by atoms with Crippen molar-refractivity contribution in [1.29, 1.82) is 0 Å². The highest BCUT2D eigenvalue weighted by Crippen LogP contribution is 1.97. The van der Waals surface area contributed by atoms with E-state index in [1.807, 2.05) is 36.4 Å². The topological polar surface area (TPSA) is 0 Å². The first-order chi connectivity index (χ1) is 6.20. The van der Waals surface area contributed by atoms with E-state index in [1.165, 1.54) is 11.6 Å². The van der Waals surface area contributed by atoms with E-state index >= 15 is 0 Å². The van der Waals surface area contributed by atoms with Crippen LogP contribution in [0.25, 0.3) is 6.08 Å². The molecule has 0 N–H and O–H groups in total. The summed E-state index contributed by atoms with van der Waals surface area (Å²) in [6.07, 6.45) is 3.32. The molecule has 0 radical (unpaired) electrons. The Morgan fingerprint density at radius 3 is 1.85 bits per heavy atom. The Balaban J connectivity index is 0.000000252. The van der Waals surface area contributed by atoms with Crippen LogP contribution in [-0.2, 0) is 0 Å². The van der Waals surface area contributed by atoms with Crippen LogP contribution in [0.3, 0.4) is 0 Å². The molecule has 1 heteroatoms.